The highest BCUT2D eigenvalue weighted by molar-refractivity contribution is 5.59. The molecule has 1 heterocycles. The van der Waals surface area contributed by atoms with E-state index in [9.17, 15) is 5.11 Å². The summed E-state index contributed by atoms with van der Waals surface area (Å²) < 4.78 is 0. The molecule has 0 unspecified atom stereocenters. The van der Waals surface area contributed by atoms with Crippen LogP contribution in [-0.2, 0) is 5.60 Å². The van der Waals surface area contributed by atoms with Gasteiger partial charge in [-0.25, -0.2) is 4.98 Å². The van der Waals surface area contributed by atoms with Crippen molar-refractivity contribution in [3.8, 4) is 11.3 Å². The van der Waals surface area contributed by atoms with Crippen molar-refractivity contribution >= 4 is 0 Å². The van der Waals surface area contributed by atoms with Crippen LogP contribution in [0.3, 0.4) is 0 Å². The van der Waals surface area contributed by atoms with Crippen LogP contribution in [0.15, 0.2) is 48.5 Å². The molecule has 1 aromatic heterocycles. The Hall–Kier alpha value is -1.67. The highest BCUT2D eigenvalue weighted by Gasteiger charge is 2.45. The number of aromatic nitrogens is 1. The summed E-state index contributed by atoms with van der Waals surface area (Å²) in [6, 6.07) is 16.3. The first-order valence-electron chi connectivity index (χ1n) is 8.76. The number of benzene rings is 1. The summed E-state index contributed by atoms with van der Waals surface area (Å²) in [5.74, 6) is 1.27. The molecule has 2 heteroatoms. The average molecular weight is 309 g/mol. The SMILES string of the molecule is CC(C)[C@@H]1CC[C@@H](C)C[C@@]1(O)c1cccc(-c2ccccc2)n1. The zero-order chi connectivity index (χ0) is 16.4. The first kappa shape index (κ1) is 16.2. The van der Waals surface area contributed by atoms with Crippen molar-refractivity contribution in [2.75, 3.05) is 0 Å². The van der Waals surface area contributed by atoms with Crippen LogP contribution in [-0.4, -0.2) is 10.1 Å². The molecule has 122 valence electrons. The van der Waals surface area contributed by atoms with Crippen LogP contribution in [0.25, 0.3) is 11.3 Å². The molecular formula is C21H27NO. The molecule has 0 bridgehead atoms. The third-order valence-electron chi connectivity index (χ3n) is 5.31. The second-order valence-corrected chi connectivity index (χ2v) is 7.44. The predicted octanol–water partition coefficient (Wildman–Crippen LogP) is 5.03. The van der Waals surface area contributed by atoms with Crippen LogP contribution in [0.1, 0.15) is 45.7 Å². The van der Waals surface area contributed by atoms with Crippen molar-refractivity contribution in [3.05, 3.63) is 54.2 Å². The summed E-state index contributed by atoms with van der Waals surface area (Å²) in [6.45, 7) is 6.67. The Kier molecular flexibility index (Phi) is 4.54. The highest BCUT2D eigenvalue weighted by atomic mass is 16.3. The maximum atomic E-state index is 11.6. The van der Waals surface area contributed by atoms with Gasteiger partial charge in [-0.1, -0.05) is 63.6 Å². The lowest BCUT2D eigenvalue weighted by Gasteiger charge is -2.44. The number of hydrogen-bond acceptors (Lipinski definition) is 2. The van der Waals surface area contributed by atoms with Crippen LogP contribution < -0.4 is 0 Å². The zero-order valence-corrected chi connectivity index (χ0v) is 14.4. The van der Waals surface area contributed by atoms with Gasteiger partial charge in [0, 0.05) is 5.56 Å². The van der Waals surface area contributed by atoms with Gasteiger partial charge in [0.1, 0.15) is 5.60 Å². The molecule has 23 heavy (non-hydrogen) atoms. The van der Waals surface area contributed by atoms with E-state index in [1.54, 1.807) is 0 Å². The molecule has 0 saturated heterocycles. The monoisotopic (exact) mass is 309 g/mol. The summed E-state index contributed by atoms with van der Waals surface area (Å²) >= 11 is 0. The Balaban J connectivity index is 2.02. The number of aliphatic hydroxyl groups is 1. The lowest BCUT2D eigenvalue weighted by atomic mass is 9.65. The van der Waals surface area contributed by atoms with E-state index < -0.39 is 5.60 Å². The van der Waals surface area contributed by atoms with Crippen molar-refractivity contribution in [2.24, 2.45) is 17.8 Å². The first-order chi connectivity index (χ1) is 11.0. The van der Waals surface area contributed by atoms with Gasteiger partial charge in [-0.15, -0.1) is 0 Å². The number of rotatable bonds is 3. The van der Waals surface area contributed by atoms with Gasteiger partial charge in [-0.05, 0) is 42.7 Å². The van der Waals surface area contributed by atoms with Gasteiger partial charge in [0.15, 0.2) is 0 Å². The molecule has 2 nitrogen and oxygen atoms in total. The van der Waals surface area contributed by atoms with Crippen molar-refractivity contribution in [1.82, 2.24) is 4.98 Å². The third kappa shape index (κ3) is 3.18. The van der Waals surface area contributed by atoms with Crippen molar-refractivity contribution in [3.63, 3.8) is 0 Å². The summed E-state index contributed by atoms with van der Waals surface area (Å²) in [5.41, 5.74) is 2.07. The minimum absolute atomic E-state index is 0.275. The molecule has 2 aromatic rings. The molecule has 0 aliphatic heterocycles. The first-order valence-corrected chi connectivity index (χ1v) is 8.76. The van der Waals surface area contributed by atoms with Crippen molar-refractivity contribution in [2.45, 2.75) is 45.6 Å². The van der Waals surface area contributed by atoms with E-state index in [0.29, 0.717) is 11.8 Å². The summed E-state index contributed by atoms with van der Waals surface area (Å²) in [5, 5.41) is 11.6. The fourth-order valence-corrected chi connectivity index (χ4v) is 4.11. The number of pyridine rings is 1. The summed E-state index contributed by atoms with van der Waals surface area (Å²) in [4.78, 5) is 4.86. The molecular weight excluding hydrogens is 282 g/mol. The quantitative estimate of drug-likeness (QED) is 0.862. The number of hydrogen-bond donors (Lipinski definition) is 1. The predicted molar refractivity (Wildman–Crippen MR) is 94.9 cm³/mol. The fraction of sp³-hybridized carbons (Fsp3) is 0.476. The van der Waals surface area contributed by atoms with Crippen LogP contribution in [0.4, 0.5) is 0 Å². The molecule has 1 aliphatic rings. The largest absolute Gasteiger partial charge is 0.383 e. The van der Waals surface area contributed by atoms with Gasteiger partial charge >= 0.3 is 0 Å². The van der Waals surface area contributed by atoms with Crippen molar-refractivity contribution in [1.29, 1.82) is 0 Å². The Labute approximate surface area is 139 Å². The maximum absolute atomic E-state index is 11.6. The van der Waals surface area contributed by atoms with E-state index in [0.717, 1.165) is 29.8 Å². The van der Waals surface area contributed by atoms with Crippen molar-refractivity contribution < 1.29 is 5.11 Å². The minimum Gasteiger partial charge on any atom is -0.383 e. The van der Waals surface area contributed by atoms with Gasteiger partial charge in [0.05, 0.1) is 11.4 Å². The molecule has 1 aliphatic carbocycles. The van der Waals surface area contributed by atoms with E-state index in [-0.39, 0.29) is 5.92 Å². The molecule has 0 amide bonds. The second-order valence-electron chi connectivity index (χ2n) is 7.44. The topological polar surface area (TPSA) is 33.1 Å². The third-order valence-corrected chi connectivity index (χ3v) is 5.31. The molecule has 0 radical (unpaired) electrons. The molecule has 1 fully saturated rings. The highest BCUT2D eigenvalue weighted by Crippen LogP contribution is 2.46. The van der Waals surface area contributed by atoms with Crippen LogP contribution in [0.2, 0.25) is 0 Å². The van der Waals surface area contributed by atoms with Gasteiger partial charge in [-0.3, -0.25) is 0 Å². The minimum atomic E-state index is -0.809. The smallest absolute Gasteiger partial charge is 0.110 e. The van der Waals surface area contributed by atoms with Gasteiger partial charge in [0.2, 0.25) is 0 Å². The van der Waals surface area contributed by atoms with E-state index in [2.05, 4.69) is 32.9 Å². The van der Waals surface area contributed by atoms with Crippen LogP contribution in [0.5, 0.6) is 0 Å². The Morgan fingerprint density at radius 2 is 1.78 bits per heavy atom. The normalized spacial score (nSPS) is 28.0. The molecule has 1 aromatic carbocycles. The van der Waals surface area contributed by atoms with E-state index >= 15 is 0 Å². The summed E-state index contributed by atoms with van der Waals surface area (Å²) in [6.07, 6.45) is 3.08. The van der Waals surface area contributed by atoms with E-state index in [1.165, 1.54) is 6.42 Å². The molecule has 0 spiro atoms. The molecule has 3 atom stereocenters. The van der Waals surface area contributed by atoms with E-state index in [1.807, 2.05) is 36.4 Å². The molecule has 1 saturated carbocycles. The Morgan fingerprint density at radius 3 is 2.48 bits per heavy atom. The zero-order valence-electron chi connectivity index (χ0n) is 14.4. The lowest BCUT2D eigenvalue weighted by Crippen LogP contribution is -2.43. The van der Waals surface area contributed by atoms with Crippen LogP contribution >= 0.6 is 0 Å². The lowest BCUT2D eigenvalue weighted by molar-refractivity contribution is -0.0896. The molecule has 3 rings (SSSR count). The fourth-order valence-electron chi connectivity index (χ4n) is 4.11. The van der Waals surface area contributed by atoms with Gasteiger partial charge in [-0.2, -0.15) is 0 Å². The number of nitrogens with zero attached hydrogens (tertiary/aromatic N) is 1. The Morgan fingerprint density at radius 1 is 1.04 bits per heavy atom. The Bertz CT molecular complexity index is 652. The van der Waals surface area contributed by atoms with Gasteiger partial charge < -0.3 is 5.11 Å². The van der Waals surface area contributed by atoms with Gasteiger partial charge in [0.25, 0.3) is 0 Å². The van der Waals surface area contributed by atoms with Crippen LogP contribution in [0, 0.1) is 17.8 Å². The second kappa shape index (κ2) is 6.45. The van der Waals surface area contributed by atoms with E-state index in [4.69, 9.17) is 4.98 Å². The summed E-state index contributed by atoms with van der Waals surface area (Å²) in [7, 11) is 0. The maximum Gasteiger partial charge on any atom is 0.110 e. The molecule has 1 N–H and O–H groups in total. The standard InChI is InChI=1S/C21H27NO/c1-15(2)18-13-12-16(3)14-21(18,23)20-11-7-10-19(22-20)17-8-5-4-6-9-17/h4-11,15-16,18,23H,12-14H2,1-3H3/t16-,18+,21+/m1/s1. The average Bonchev–Trinajstić information content (AvgIpc) is 2.55.